The Hall–Kier alpha value is -1.90. The Morgan fingerprint density at radius 2 is 2.10 bits per heavy atom. The number of aromatic nitrogens is 2. The maximum absolute atomic E-state index is 12.1. The average molecular weight is 306 g/mol. The van der Waals surface area contributed by atoms with Crippen LogP contribution in [0.5, 0.6) is 0 Å². The summed E-state index contributed by atoms with van der Waals surface area (Å²) in [7, 11) is 0. The molecule has 2 rings (SSSR count). The molecule has 1 heterocycles. The molecule has 0 amide bonds. The van der Waals surface area contributed by atoms with Crippen LogP contribution in [0.4, 0.5) is 13.2 Å². The Morgan fingerprint density at radius 3 is 2.70 bits per heavy atom. The van der Waals surface area contributed by atoms with E-state index in [0.717, 1.165) is 4.57 Å². The minimum atomic E-state index is -4.36. The van der Waals surface area contributed by atoms with Gasteiger partial charge in [0, 0.05) is 12.3 Å². The summed E-state index contributed by atoms with van der Waals surface area (Å²) in [6, 6.07) is 3.98. The maximum Gasteiger partial charge on any atom is 0.441 e. The first kappa shape index (κ1) is 14.5. The van der Waals surface area contributed by atoms with Gasteiger partial charge < -0.3 is 10.1 Å². The molecular weight excluding hydrogens is 297 g/mol. The highest BCUT2D eigenvalue weighted by Gasteiger charge is 2.27. The molecule has 2 N–H and O–H groups in total. The molecule has 108 valence electrons. The van der Waals surface area contributed by atoms with Crippen LogP contribution in [0, 0.1) is 0 Å². The van der Waals surface area contributed by atoms with Crippen LogP contribution >= 0.6 is 11.8 Å². The summed E-state index contributed by atoms with van der Waals surface area (Å²) in [6.07, 6.45) is 0. The van der Waals surface area contributed by atoms with Crippen molar-refractivity contribution < 1.29 is 23.1 Å². The molecule has 1 aromatic carbocycles. The number of carbonyl (C=O) groups is 1. The van der Waals surface area contributed by atoms with Crippen molar-refractivity contribution in [1.29, 1.82) is 0 Å². The van der Waals surface area contributed by atoms with E-state index in [-0.39, 0.29) is 35.1 Å². The minimum absolute atomic E-state index is 0.0336. The first-order valence-corrected chi connectivity index (χ1v) is 6.43. The van der Waals surface area contributed by atoms with Gasteiger partial charge in [0.25, 0.3) is 0 Å². The third kappa shape index (κ3) is 3.16. The van der Waals surface area contributed by atoms with Crippen LogP contribution in [0.1, 0.15) is 10.4 Å². The lowest BCUT2D eigenvalue weighted by Crippen LogP contribution is -2.19. The van der Waals surface area contributed by atoms with Gasteiger partial charge in [-0.1, -0.05) is 0 Å². The molecule has 5 nitrogen and oxygen atoms in total. The van der Waals surface area contributed by atoms with E-state index in [9.17, 15) is 22.8 Å². The SMILES string of the molecule is O=C(O)c1ccc2[nH]c(=O)n(CCSC(F)(F)F)c2c1. The smallest absolute Gasteiger partial charge is 0.441 e. The second-order valence-corrected chi connectivity index (χ2v) is 5.07. The zero-order valence-corrected chi connectivity index (χ0v) is 10.7. The molecule has 0 unspecified atom stereocenters. The molecule has 0 radical (unpaired) electrons. The number of halogens is 3. The lowest BCUT2D eigenvalue weighted by Gasteiger charge is -2.06. The summed E-state index contributed by atoms with van der Waals surface area (Å²) >= 11 is -0.230. The Bertz CT molecular complexity index is 705. The maximum atomic E-state index is 12.1. The fourth-order valence-electron chi connectivity index (χ4n) is 1.76. The van der Waals surface area contributed by atoms with Crippen molar-refractivity contribution in [2.24, 2.45) is 0 Å². The summed E-state index contributed by atoms with van der Waals surface area (Å²) in [6.45, 7) is -0.161. The van der Waals surface area contributed by atoms with Crippen LogP contribution in [0.15, 0.2) is 23.0 Å². The normalized spacial score (nSPS) is 11.9. The van der Waals surface area contributed by atoms with Gasteiger partial charge in [-0.25, -0.2) is 9.59 Å². The van der Waals surface area contributed by atoms with Crippen molar-refractivity contribution in [3.8, 4) is 0 Å². The van der Waals surface area contributed by atoms with Crippen LogP contribution in [0.25, 0.3) is 11.0 Å². The Labute approximate surface area is 114 Å². The Kier molecular flexibility index (Phi) is 3.80. The van der Waals surface area contributed by atoms with Gasteiger partial charge in [0.2, 0.25) is 0 Å². The van der Waals surface area contributed by atoms with Crippen molar-refractivity contribution in [1.82, 2.24) is 9.55 Å². The number of H-pyrrole nitrogens is 1. The number of carboxylic acid groups (broad SMARTS) is 1. The molecule has 0 aliphatic heterocycles. The average Bonchev–Trinajstić information content (AvgIpc) is 2.63. The number of aryl methyl sites for hydroxylation is 1. The fraction of sp³-hybridized carbons (Fsp3) is 0.273. The van der Waals surface area contributed by atoms with Gasteiger partial charge in [0.15, 0.2) is 0 Å². The zero-order valence-electron chi connectivity index (χ0n) is 9.90. The minimum Gasteiger partial charge on any atom is -0.478 e. The molecule has 0 saturated carbocycles. The Morgan fingerprint density at radius 1 is 1.40 bits per heavy atom. The highest BCUT2D eigenvalue weighted by molar-refractivity contribution is 8.00. The molecule has 0 fully saturated rings. The molecule has 0 spiro atoms. The number of aromatic amines is 1. The van der Waals surface area contributed by atoms with Gasteiger partial charge in [-0.15, -0.1) is 0 Å². The van der Waals surface area contributed by atoms with Gasteiger partial charge in [-0.3, -0.25) is 4.57 Å². The number of aromatic carboxylic acids is 1. The number of hydrogen-bond acceptors (Lipinski definition) is 3. The highest BCUT2D eigenvalue weighted by atomic mass is 32.2. The zero-order chi connectivity index (χ0) is 14.9. The van der Waals surface area contributed by atoms with E-state index < -0.39 is 17.2 Å². The molecule has 9 heteroatoms. The number of benzene rings is 1. The molecule has 0 atom stereocenters. The predicted octanol–water partition coefficient (Wildman–Crippen LogP) is 2.28. The van der Waals surface area contributed by atoms with Crippen LogP contribution in [0.3, 0.4) is 0 Å². The van der Waals surface area contributed by atoms with Crippen LogP contribution in [0.2, 0.25) is 0 Å². The van der Waals surface area contributed by atoms with E-state index in [2.05, 4.69) is 4.98 Å². The number of nitrogens with zero attached hydrogens (tertiary/aromatic N) is 1. The summed E-state index contributed by atoms with van der Waals surface area (Å²) in [5.74, 6) is -1.50. The molecule has 0 aliphatic carbocycles. The van der Waals surface area contributed by atoms with Gasteiger partial charge in [0.1, 0.15) is 0 Å². The second kappa shape index (κ2) is 5.23. The van der Waals surface area contributed by atoms with E-state index >= 15 is 0 Å². The number of carboxylic acids is 1. The van der Waals surface area contributed by atoms with Crippen molar-refractivity contribution in [2.75, 3.05) is 5.75 Å². The first-order valence-electron chi connectivity index (χ1n) is 5.44. The van der Waals surface area contributed by atoms with Crippen LogP contribution in [-0.2, 0) is 6.54 Å². The number of fused-ring (bicyclic) bond motifs is 1. The molecule has 0 bridgehead atoms. The molecule has 1 aromatic heterocycles. The van der Waals surface area contributed by atoms with Gasteiger partial charge in [-0.2, -0.15) is 13.2 Å². The third-order valence-electron chi connectivity index (χ3n) is 2.60. The number of nitrogens with one attached hydrogen (secondary N) is 1. The summed E-state index contributed by atoms with van der Waals surface area (Å²) in [5, 5.41) is 8.87. The number of rotatable bonds is 4. The van der Waals surface area contributed by atoms with Crippen molar-refractivity contribution >= 4 is 28.8 Å². The molecule has 0 saturated heterocycles. The Balaban J connectivity index is 2.32. The standard InChI is InChI=1S/C11H9F3N2O3S/c12-11(13,14)20-4-3-16-8-5-6(9(17)18)1-2-7(8)15-10(16)19/h1-2,5H,3-4H2,(H,15,19)(H,17,18). The number of alkyl halides is 3. The highest BCUT2D eigenvalue weighted by Crippen LogP contribution is 2.30. The first-order chi connectivity index (χ1) is 9.28. The van der Waals surface area contributed by atoms with Gasteiger partial charge >= 0.3 is 17.2 Å². The molecule has 20 heavy (non-hydrogen) atoms. The largest absolute Gasteiger partial charge is 0.478 e. The number of hydrogen-bond donors (Lipinski definition) is 2. The van der Waals surface area contributed by atoms with Crippen molar-refractivity contribution in [2.45, 2.75) is 12.1 Å². The van der Waals surface area contributed by atoms with E-state index in [4.69, 9.17) is 5.11 Å². The lowest BCUT2D eigenvalue weighted by atomic mass is 10.2. The summed E-state index contributed by atoms with van der Waals surface area (Å²) in [5.41, 5.74) is -4.30. The van der Waals surface area contributed by atoms with E-state index in [1.165, 1.54) is 18.2 Å². The van der Waals surface area contributed by atoms with Crippen molar-refractivity contribution in [3.63, 3.8) is 0 Å². The van der Waals surface area contributed by atoms with Crippen LogP contribution < -0.4 is 5.69 Å². The topological polar surface area (TPSA) is 75.1 Å². The lowest BCUT2D eigenvalue weighted by molar-refractivity contribution is -0.0328. The third-order valence-corrected chi connectivity index (χ3v) is 3.32. The van der Waals surface area contributed by atoms with Gasteiger partial charge in [0.05, 0.1) is 16.6 Å². The molecule has 0 aliphatic rings. The predicted molar refractivity (Wildman–Crippen MR) is 68.0 cm³/mol. The molecule has 2 aromatic rings. The van der Waals surface area contributed by atoms with E-state index in [0.29, 0.717) is 5.52 Å². The van der Waals surface area contributed by atoms with Gasteiger partial charge in [-0.05, 0) is 30.0 Å². The van der Waals surface area contributed by atoms with E-state index in [1.807, 2.05) is 0 Å². The summed E-state index contributed by atoms with van der Waals surface area (Å²) < 4.78 is 37.3. The van der Waals surface area contributed by atoms with Crippen LogP contribution in [-0.4, -0.2) is 31.9 Å². The molecular formula is C11H9F3N2O3S. The van der Waals surface area contributed by atoms with Crippen molar-refractivity contribution in [3.05, 3.63) is 34.2 Å². The van der Waals surface area contributed by atoms with E-state index in [1.54, 1.807) is 0 Å². The quantitative estimate of drug-likeness (QED) is 0.908. The fourth-order valence-corrected chi connectivity index (χ4v) is 2.27. The summed E-state index contributed by atoms with van der Waals surface area (Å²) in [4.78, 5) is 25.0. The monoisotopic (exact) mass is 306 g/mol. The second-order valence-electron chi connectivity index (χ2n) is 3.91. The number of thioether (sulfide) groups is 1. The number of imidazole rings is 1.